The average Bonchev–Trinajstić information content (AvgIpc) is 2.89. The van der Waals surface area contributed by atoms with Gasteiger partial charge in [-0.15, -0.1) is 0 Å². The van der Waals surface area contributed by atoms with Gasteiger partial charge in [0.1, 0.15) is 0 Å². The van der Waals surface area contributed by atoms with Gasteiger partial charge in [0.15, 0.2) is 0 Å². The standard InChI is InChI=1S/C15H30O2.C9H10O2.2C4H9.Sn/c1-2-3-4-5-6-7-8-9-10-11-12-13-14-15(16)17;1-2-7-3-5-8(6-4-7)9(10)11;2*1-3-4-2;/h2-14H2,1H3,(H,16,17);3-6H,2H2,1H3,(H,10,11);2*1,3-4H2,2H3;/q;;;;+2/p-2. The zero-order chi connectivity index (χ0) is 27.9. The van der Waals surface area contributed by atoms with Crippen LogP contribution in [-0.4, -0.2) is 35.8 Å². The first kappa shape index (κ1) is 43.0. The van der Waals surface area contributed by atoms with Gasteiger partial charge in [-0.1, -0.05) is 162 Å². The van der Waals surface area contributed by atoms with Gasteiger partial charge in [0.25, 0.3) is 0 Å². The zero-order valence-electron chi connectivity index (χ0n) is 24.6. The van der Waals surface area contributed by atoms with Gasteiger partial charge in [-0.2, -0.15) is 0 Å². The summed E-state index contributed by atoms with van der Waals surface area (Å²) in [5.74, 6) is -2.02. The molecule has 0 aliphatic heterocycles. The van der Waals surface area contributed by atoms with Gasteiger partial charge in [0, 0.05) is 5.97 Å². The smallest absolute Gasteiger partial charge is 0.550 e. The molecule has 1 aromatic rings. The largest absolute Gasteiger partial charge is 2.00 e. The van der Waals surface area contributed by atoms with Crippen LogP contribution in [0.25, 0.3) is 0 Å². The summed E-state index contributed by atoms with van der Waals surface area (Å²) in [5, 5.41) is 20.5. The fraction of sp³-hybridized carbons (Fsp3) is 0.688. The summed E-state index contributed by atoms with van der Waals surface area (Å²) in [7, 11) is 0. The van der Waals surface area contributed by atoms with Gasteiger partial charge < -0.3 is 19.8 Å². The summed E-state index contributed by atoms with van der Waals surface area (Å²) in [4.78, 5) is 20.5. The van der Waals surface area contributed by atoms with Crippen molar-refractivity contribution in [1.82, 2.24) is 0 Å². The maximum Gasteiger partial charge on any atom is 2.00 e. The van der Waals surface area contributed by atoms with Gasteiger partial charge in [-0.3, -0.25) is 0 Å². The van der Waals surface area contributed by atoms with Crippen LogP contribution in [0, 0.1) is 13.8 Å². The van der Waals surface area contributed by atoms with Gasteiger partial charge in [0.2, 0.25) is 0 Å². The topological polar surface area (TPSA) is 80.3 Å². The van der Waals surface area contributed by atoms with Crippen molar-refractivity contribution in [3.63, 3.8) is 0 Å². The molecule has 0 amide bonds. The number of hydrogen-bond acceptors (Lipinski definition) is 4. The first-order valence-electron chi connectivity index (χ1n) is 14.4. The van der Waals surface area contributed by atoms with Crippen molar-refractivity contribution >= 4 is 35.8 Å². The molecule has 37 heavy (non-hydrogen) atoms. The Morgan fingerprint density at radius 3 is 1.24 bits per heavy atom. The zero-order valence-corrected chi connectivity index (χ0v) is 27.4. The van der Waals surface area contributed by atoms with Crippen molar-refractivity contribution in [3.8, 4) is 0 Å². The number of carbonyl (C=O) groups is 2. The second-order valence-corrected chi connectivity index (χ2v) is 9.06. The van der Waals surface area contributed by atoms with Crippen LogP contribution in [0.1, 0.15) is 153 Å². The number of aryl methyl sites for hydroxylation is 1. The third-order valence-electron chi connectivity index (χ3n) is 5.54. The van der Waals surface area contributed by atoms with Crippen molar-refractivity contribution in [3.05, 3.63) is 49.2 Å². The molecule has 212 valence electrons. The third-order valence-corrected chi connectivity index (χ3v) is 5.54. The molecule has 0 unspecified atom stereocenters. The summed E-state index contributed by atoms with van der Waals surface area (Å²) < 4.78 is 0. The molecule has 4 nitrogen and oxygen atoms in total. The van der Waals surface area contributed by atoms with Gasteiger partial charge in [-0.25, -0.2) is 0 Å². The van der Waals surface area contributed by atoms with E-state index >= 15 is 0 Å². The Hall–Kier alpha value is -1.04. The molecule has 0 saturated carbocycles. The average molecular weight is 624 g/mol. The Morgan fingerprint density at radius 2 is 0.973 bits per heavy atom. The van der Waals surface area contributed by atoms with E-state index in [2.05, 4.69) is 34.6 Å². The number of carboxylic acid groups (broad SMARTS) is 2. The molecule has 0 fully saturated rings. The SMILES string of the molecule is CCCCCCCCCCCCCCC(=O)[O-].CCc1ccc(C(=O)[O-])cc1.[CH2]CCC.[CH2]CCC.[Sn+2]. The van der Waals surface area contributed by atoms with E-state index < -0.39 is 11.9 Å². The van der Waals surface area contributed by atoms with Crippen molar-refractivity contribution in [2.24, 2.45) is 0 Å². The molecule has 4 radical (unpaired) electrons. The number of aliphatic carboxylic acids is 1. The molecule has 0 aliphatic rings. The third kappa shape index (κ3) is 39.6. The molecule has 0 heterocycles. The van der Waals surface area contributed by atoms with E-state index in [-0.39, 0.29) is 35.9 Å². The van der Waals surface area contributed by atoms with E-state index in [0.29, 0.717) is 0 Å². The number of carbonyl (C=O) groups excluding carboxylic acids is 2. The summed E-state index contributed by atoms with van der Waals surface area (Å²) in [6.45, 7) is 15.7. The molecule has 0 aromatic heterocycles. The Bertz CT molecular complexity index is 565. The summed E-state index contributed by atoms with van der Waals surface area (Å²) >= 11 is 0. The predicted octanol–water partition coefficient (Wildman–Crippen LogP) is 7.30. The number of aromatic carboxylic acids is 1. The number of carboxylic acids is 2. The second kappa shape index (κ2) is 37.1. The van der Waals surface area contributed by atoms with E-state index in [1.807, 2.05) is 6.92 Å². The van der Waals surface area contributed by atoms with Crippen molar-refractivity contribution in [2.45, 2.75) is 143 Å². The van der Waals surface area contributed by atoms with Crippen molar-refractivity contribution in [1.29, 1.82) is 0 Å². The van der Waals surface area contributed by atoms with Crippen LogP contribution in [0.2, 0.25) is 0 Å². The fourth-order valence-corrected chi connectivity index (χ4v) is 2.99. The number of unbranched alkanes of at least 4 members (excludes halogenated alkanes) is 13. The number of rotatable bonds is 17. The van der Waals surface area contributed by atoms with Crippen LogP contribution in [0.3, 0.4) is 0 Å². The van der Waals surface area contributed by atoms with Crippen LogP contribution in [-0.2, 0) is 11.2 Å². The summed E-state index contributed by atoms with van der Waals surface area (Å²) in [6, 6.07) is 6.72. The molecule has 0 spiro atoms. The van der Waals surface area contributed by atoms with E-state index in [1.165, 1.54) is 77.0 Å². The molecule has 0 atom stereocenters. The minimum absolute atomic E-state index is 0. The first-order chi connectivity index (χ1) is 17.3. The summed E-state index contributed by atoms with van der Waals surface area (Å²) in [5.41, 5.74) is 1.37. The quantitative estimate of drug-likeness (QED) is 0.135. The molecule has 0 bridgehead atoms. The maximum atomic E-state index is 10.3. The minimum Gasteiger partial charge on any atom is -0.550 e. The molecule has 0 aliphatic carbocycles. The maximum absolute atomic E-state index is 10.3. The minimum atomic E-state index is -1.12. The molecule has 5 heteroatoms. The van der Waals surface area contributed by atoms with Crippen molar-refractivity contribution < 1.29 is 19.8 Å². The first-order valence-corrected chi connectivity index (χ1v) is 14.4. The summed E-state index contributed by atoms with van der Waals surface area (Å²) in [6.07, 6.45) is 21.0. The van der Waals surface area contributed by atoms with E-state index in [9.17, 15) is 19.8 Å². The second-order valence-electron chi connectivity index (χ2n) is 9.06. The van der Waals surface area contributed by atoms with E-state index in [1.54, 1.807) is 24.3 Å². The van der Waals surface area contributed by atoms with E-state index in [4.69, 9.17) is 0 Å². The fourth-order valence-electron chi connectivity index (χ4n) is 2.99. The predicted molar refractivity (Wildman–Crippen MR) is 157 cm³/mol. The van der Waals surface area contributed by atoms with Gasteiger partial charge in [0.05, 0.1) is 5.97 Å². The van der Waals surface area contributed by atoms with Gasteiger partial charge >= 0.3 is 23.9 Å². The van der Waals surface area contributed by atoms with Gasteiger partial charge in [-0.05, 0) is 30.4 Å². The van der Waals surface area contributed by atoms with Crippen LogP contribution in [0.5, 0.6) is 0 Å². The van der Waals surface area contributed by atoms with Crippen LogP contribution in [0.15, 0.2) is 24.3 Å². The Balaban J connectivity index is -0.000000232. The monoisotopic (exact) mass is 624 g/mol. The Labute approximate surface area is 247 Å². The molecule has 1 aromatic carbocycles. The molecular weight excluding hydrogens is 567 g/mol. The molecular formula is C32H56O4Sn. The van der Waals surface area contributed by atoms with Crippen LogP contribution < -0.4 is 10.2 Å². The van der Waals surface area contributed by atoms with Crippen molar-refractivity contribution in [2.75, 3.05) is 0 Å². The molecule has 0 N–H and O–H groups in total. The number of hydrogen-bond donors (Lipinski definition) is 0. The Kier molecular flexibility index (Phi) is 43.2. The molecule has 1 rings (SSSR count). The Morgan fingerprint density at radius 1 is 0.622 bits per heavy atom. The van der Waals surface area contributed by atoms with Crippen LogP contribution >= 0.6 is 0 Å². The van der Waals surface area contributed by atoms with E-state index in [0.717, 1.165) is 37.7 Å². The van der Waals surface area contributed by atoms with Crippen LogP contribution in [0.4, 0.5) is 0 Å². The normalized spacial score (nSPS) is 9.35. The number of benzene rings is 1. The molecule has 0 saturated heterocycles.